The molecule has 0 unspecified atom stereocenters. The van der Waals surface area contributed by atoms with Gasteiger partial charge in [0.1, 0.15) is 0 Å². The van der Waals surface area contributed by atoms with Gasteiger partial charge in [0, 0.05) is 34.9 Å². The van der Waals surface area contributed by atoms with Gasteiger partial charge in [0.25, 0.3) is 0 Å². The zero-order valence-electron chi connectivity index (χ0n) is 7.96. The summed E-state index contributed by atoms with van der Waals surface area (Å²) in [6.07, 6.45) is 4.41. The molecule has 0 saturated carbocycles. The van der Waals surface area contributed by atoms with Gasteiger partial charge in [-0.05, 0) is 18.9 Å². The standard InChI is InChI=1S/C12H12N2/c1-2-5-11-9(4-1)10(8-14-11)12-6-3-7-13-12/h1-2,4-5,8,14H,3,6-7H2. The fourth-order valence-corrected chi connectivity index (χ4v) is 2.07. The maximum atomic E-state index is 4.52. The lowest BCUT2D eigenvalue weighted by Gasteiger charge is -1.96. The first-order valence-electron chi connectivity index (χ1n) is 5.05. The van der Waals surface area contributed by atoms with Crippen LogP contribution in [-0.2, 0) is 0 Å². The van der Waals surface area contributed by atoms with Crippen LogP contribution in [0.25, 0.3) is 10.9 Å². The number of fused-ring (bicyclic) bond motifs is 1. The summed E-state index contributed by atoms with van der Waals surface area (Å²) in [5.74, 6) is 0. The van der Waals surface area contributed by atoms with Crippen LogP contribution in [0.4, 0.5) is 0 Å². The van der Waals surface area contributed by atoms with Crippen molar-refractivity contribution >= 4 is 16.6 Å². The van der Waals surface area contributed by atoms with Crippen LogP contribution in [0.3, 0.4) is 0 Å². The van der Waals surface area contributed by atoms with Crippen molar-refractivity contribution in [2.24, 2.45) is 4.99 Å². The molecule has 2 nitrogen and oxygen atoms in total. The second-order valence-corrected chi connectivity index (χ2v) is 3.68. The fourth-order valence-electron chi connectivity index (χ4n) is 2.07. The van der Waals surface area contributed by atoms with E-state index < -0.39 is 0 Å². The number of hydrogen-bond donors (Lipinski definition) is 1. The highest BCUT2D eigenvalue weighted by Gasteiger charge is 2.12. The highest BCUT2D eigenvalue weighted by molar-refractivity contribution is 6.11. The first-order chi connectivity index (χ1) is 6.95. The Kier molecular flexibility index (Phi) is 1.66. The number of hydrogen-bond acceptors (Lipinski definition) is 1. The Morgan fingerprint density at radius 2 is 2.14 bits per heavy atom. The summed E-state index contributed by atoms with van der Waals surface area (Å²) in [6, 6.07) is 8.39. The quantitative estimate of drug-likeness (QED) is 0.706. The van der Waals surface area contributed by atoms with Gasteiger partial charge in [-0.1, -0.05) is 18.2 Å². The second kappa shape index (κ2) is 2.98. The van der Waals surface area contributed by atoms with Gasteiger partial charge in [-0.25, -0.2) is 0 Å². The lowest BCUT2D eigenvalue weighted by atomic mass is 10.1. The molecule has 3 rings (SSSR count). The third kappa shape index (κ3) is 1.07. The van der Waals surface area contributed by atoms with Gasteiger partial charge >= 0.3 is 0 Å². The summed E-state index contributed by atoms with van der Waals surface area (Å²) in [5.41, 5.74) is 3.76. The van der Waals surface area contributed by atoms with E-state index >= 15 is 0 Å². The van der Waals surface area contributed by atoms with Gasteiger partial charge in [0.2, 0.25) is 0 Å². The number of nitrogens with one attached hydrogen (secondary N) is 1. The Balaban J connectivity index is 2.21. The van der Waals surface area contributed by atoms with Crippen molar-refractivity contribution in [1.82, 2.24) is 4.98 Å². The molecule has 2 heterocycles. The first kappa shape index (κ1) is 7.80. The van der Waals surface area contributed by atoms with E-state index in [2.05, 4.69) is 40.4 Å². The third-order valence-electron chi connectivity index (χ3n) is 2.77. The molecule has 1 aliphatic rings. The van der Waals surface area contributed by atoms with Crippen LogP contribution in [0.1, 0.15) is 18.4 Å². The summed E-state index contributed by atoms with van der Waals surface area (Å²) >= 11 is 0. The summed E-state index contributed by atoms with van der Waals surface area (Å²) in [7, 11) is 0. The molecule has 14 heavy (non-hydrogen) atoms. The number of aromatic amines is 1. The third-order valence-corrected chi connectivity index (χ3v) is 2.77. The molecular weight excluding hydrogens is 172 g/mol. The molecule has 0 atom stereocenters. The van der Waals surface area contributed by atoms with E-state index in [4.69, 9.17) is 0 Å². The van der Waals surface area contributed by atoms with Crippen molar-refractivity contribution in [1.29, 1.82) is 0 Å². The number of benzene rings is 1. The smallest absolute Gasteiger partial charge is 0.0460 e. The lowest BCUT2D eigenvalue weighted by molar-refractivity contribution is 0.951. The van der Waals surface area contributed by atoms with Crippen LogP contribution >= 0.6 is 0 Å². The van der Waals surface area contributed by atoms with Gasteiger partial charge in [-0.2, -0.15) is 0 Å². The molecule has 1 aromatic carbocycles. The number of nitrogens with zero attached hydrogens (tertiary/aromatic N) is 1. The molecule has 0 saturated heterocycles. The Bertz CT molecular complexity index is 494. The Labute approximate surface area is 82.7 Å². The van der Waals surface area contributed by atoms with E-state index in [1.165, 1.54) is 28.6 Å². The monoisotopic (exact) mass is 184 g/mol. The molecule has 2 aromatic rings. The van der Waals surface area contributed by atoms with Gasteiger partial charge < -0.3 is 4.98 Å². The molecule has 0 fully saturated rings. The molecule has 1 aromatic heterocycles. The van der Waals surface area contributed by atoms with Crippen LogP contribution in [0, 0.1) is 0 Å². The van der Waals surface area contributed by atoms with Gasteiger partial charge in [0.05, 0.1) is 0 Å². The zero-order chi connectivity index (χ0) is 9.38. The van der Waals surface area contributed by atoms with Crippen molar-refractivity contribution in [3.8, 4) is 0 Å². The number of H-pyrrole nitrogens is 1. The molecule has 0 amide bonds. The molecular formula is C12H12N2. The minimum absolute atomic E-state index is 0.995. The zero-order valence-corrected chi connectivity index (χ0v) is 7.96. The maximum Gasteiger partial charge on any atom is 0.0460 e. The summed E-state index contributed by atoms with van der Waals surface area (Å²) in [5, 5.41) is 1.30. The van der Waals surface area contributed by atoms with Gasteiger partial charge in [-0.15, -0.1) is 0 Å². The van der Waals surface area contributed by atoms with E-state index in [9.17, 15) is 0 Å². The van der Waals surface area contributed by atoms with E-state index in [0.717, 1.165) is 13.0 Å². The molecule has 2 heteroatoms. The lowest BCUT2D eigenvalue weighted by Crippen LogP contribution is -1.93. The first-order valence-corrected chi connectivity index (χ1v) is 5.05. The Morgan fingerprint density at radius 3 is 3.00 bits per heavy atom. The number of aromatic nitrogens is 1. The number of aliphatic imine (C=N–C) groups is 1. The highest BCUT2D eigenvalue weighted by atomic mass is 14.8. The van der Waals surface area contributed by atoms with E-state index in [1.54, 1.807) is 0 Å². The minimum Gasteiger partial charge on any atom is -0.360 e. The summed E-state index contributed by atoms with van der Waals surface area (Å²) in [6.45, 7) is 0.995. The molecule has 70 valence electrons. The topological polar surface area (TPSA) is 28.1 Å². The van der Waals surface area contributed by atoms with E-state index in [1.807, 2.05) is 0 Å². The Morgan fingerprint density at radius 1 is 1.21 bits per heavy atom. The van der Waals surface area contributed by atoms with Crippen molar-refractivity contribution in [2.45, 2.75) is 12.8 Å². The molecule has 0 aliphatic carbocycles. The van der Waals surface area contributed by atoms with Crippen molar-refractivity contribution in [3.05, 3.63) is 36.0 Å². The fraction of sp³-hybridized carbons (Fsp3) is 0.250. The van der Waals surface area contributed by atoms with Crippen LogP contribution in [0.15, 0.2) is 35.5 Å². The van der Waals surface area contributed by atoms with Crippen molar-refractivity contribution in [2.75, 3.05) is 6.54 Å². The molecule has 1 aliphatic heterocycles. The normalized spacial score (nSPS) is 16.1. The van der Waals surface area contributed by atoms with Crippen molar-refractivity contribution < 1.29 is 0 Å². The number of para-hydroxylation sites is 1. The van der Waals surface area contributed by atoms with Crippen molar-refractivity contribution in [3.63, 3.8) is 0 Å². The second-order valence-electron chi connectivity index (χ2n) is 3.68. The maximum absolute atomic E-state index is 4.52. The SMILES string of the molecule is c1ccc2c(C3=NCCC3)c[nH]c2c1. The van der Waals surface area contributed by atoms with Gasteiger partial charge in [-0.3, -0.25) is 4.99 Å². The van der Waals surface area contributed by atoms with Crippen LogP contribution in [-0.4, -0.2) is 17.2 Å². The molecule has 1 N–H and O–H groups in total. The molecule has 0 bridgehead atoms. The Hall–Kier alpha value is -1.57. The summed E-state index contributed by atoms with van der Waals surface area (Å²) < 4.78 is 0. The predicted molar refractivity (Wildman–Crippen MR) is 58.9 cm³/mol. The average Bonchev–Trinajstić information content (AvgIpc) is 2.85. The van der Waals surface area contributed by atoms with Crippen LogP contribution < -0.4 is 0 Å². The minimum atomic E-state index is 0.995. The van der Waals surface area contributed by atoms with Gasteiger partial charge in [0.15, 0.2) is 0 Å². The van der Waals surface area contributed by atoms with Crippen LogP contribution in [0.2, 0.25) is 0 Å². The summed E-state index contributed by atoms with van der Waals surface area (Å²) in [4.78, 5) is 7.81. The molecule has 0 radical (unpaired) electrons. The van der Waals surface area contributed by atoms with E-state index in [-0.39, 0.29) is 0 Å². The highest BCUT2D eigenvalue weighted by Crippen LogP contribution is 2.22. The number of rotatable bonds is 1. The predicted octanol–water partition coefficient (Wildman–Crippen LogP) is 2.75. The van der Waals surface area contributed by atoms with Crippen LogP contribution in [0.5, 0.6) is 0 Å². The largest absolute Gasteiger partial charge is 0.360 e. The molecule has 0 spiro atoms. The van der Waals surface area contributed by atoms with E-state index in [0.29, 0.717) is 0 Å². The average molecular weight is 184 g/mol.